The summed E-state index contributed by atoms with van der Waals surface area (Å²) in [4.78, 5) is 11.1. The number of hydrogen-bond donors (Lipinski definition) is 0. The van der Waals surface area contributed by atoms with Crippen molar-refractivity contribution < 1.29 is 17.4 Å². The van der Waals surface area contributed by atoms with Crippen LogP contribution in [0.2, 0.25) is 0 Å². The zero-order valence-corrected chi connectivity index (χ0v) is 15.7. The Morgan fingerprint density at radius 1 is 1.04 bits per heavy atom. The Bertz CT molecular complexity index is 806. The normalized spacial score (nSPS) is 12.6. The van der Waals surface area contributed by atoms with Crippen LogP contribution in [0.5, 0.6) is 5.75 Å². The molecule has 2 rings (SSSR count). The molecule has 0 aliphatic heterocycles. The van der Waals surface area contributed by atoms with Crippen LogP contribution < -0.4 is 4.18 Å². The quantitative estimate of drug-likeness (QED) is 0.651. The summed E-state index contributed by atoms with van der Waals surface area (Å²) in [6.07, 6.45) is 2.11. The lowest BCUT2D eigenvalue weighted by atomic mass is 9.99. The van der Waals surface area contributed by atoms with Crippen LogP contribution in [-0.4, -0.2) is 14.2 Å². The minimum atomic E-state index is -3.86. The maximum absolute atomic E-state index is 12.4. The zero-order chi connectivity index (χ0) is 18.4. The molecule has 134 valence electrons. The first-order valence-corrected chi connectivity index (χ1v) is 9.85. The second-order valence-electron chi connectivity index (χ2n) is 6.26. The number of hydrogen-bond acceptors (Lipinski definition) is 4. The van der Waals surface area contributed by atoms with E-state index in [2.05, 4.69) is 13.8 Å². The molecule has 2 aromatic rings. The van der Waals surface area contributed by atoms with Crippen LogP contribution in [0, 0.1) is 0 Å². The van der Waals surface area contributed by atoms with E-state index in [0.717, 1.165) is 17.5 Å². The van der Waals surface area contributed by atoms with Crippen LogP contribution in [0.15, 0.2) is 53.4 Å². The van der Waals surface area contributed by atoms with Gasteiger partial charge in [0, 0.05) is 6.42 Å². The van der Waals surface area contributed by atoms with Crippen molar-refractivity contribution in [2.75, 3.05) is 0 Å². The molecule has 0 radical (unpaired) electrons. The van der Waals surface area contributed by atoms with Gasteiger partial charge in [0.25, 0.3) is 0 Å². The topological polar surface area (TPSA) is 60.4 Å². The largest absolute Gasteiger partial charge is 0.379 e. The predicted octanol–water partition coefficient (Wildman–Crippen LogP) is 4.49. The molecule has 5 heteroatoms. The molecule has 0 spiro atoms. The van der Waals surface area contributed by atoms with E-state index in [4.69, 9.17) is 4.18 Å². The average Bonchev–Trinajstić information content (AvgIpc) is 2.60. The Balaban J connectivity index is 2.09. The number of Topliss-reactive ketones (excluding diaryl/α,β-unsaturated/α-hetero) is 1. The molecule has 0 amide bonds. The van der Waals surface area contributed by atoms with Gasteiger partial charge >= 0.3 is 10.1 Å². The molecule has 2 aromatic carbocycles. The molecule has 1 atom stereocenters. The van der Waals surface area contributed by atoms with E-state index in [1.165, 1.54) is 0 Å². The molecule has 4 nitrogen and oxygen atoms in total. The van der Waals surface area contributed by atoms with Crippen LogP contribution in [0.1, 0.15) is 50.7 Å². The molecule has 25 heavy (non-hydrogen) atoms. The summed E-state index contributed by atoms with van der Waals surface area (Å²) in [5, 5.41) is 0. The van der Waals surface area contributed by atoms with Gasteiger partial charge in [-0.25, -0.2) is 0 Å². The molecule has 1 unspecified atom stereocenters. The van der Waals surface area contributed by atoms with Crippen LogP contribution in [-0.2, 0) is 21.3 Å². The Morgan fingerprint density at radius 2 is 1.64 bits per heavy atom. The van der Waals surface area contributed by atoms with Crippen LogP contribution in [0.3, 0.4) is 0 Å². The summed E-state index contributed by atoms with van der Waals surface area (Å²) in [6.45, 7) is 5.75. The number of carbonyl (C=O) groups excluding carboxylic acids is 1. The summed E-state index contributed by atoms with van der Waals surface area (Å²) in [5.74, 6) is 0.779. The van der Waals surface area contributed by atoms with Crippen molar-refractivity contribution in [1.82, 2.24) is 0 Å². The monoisotopic (exact) mass is 360 g/mol. The fourth-order valence-corrected chi connectivity index (χ4v) is 3.34. The van der Waals surface area contributed by atoms with Crippen molar-refractivity contribution in [2.24, 2.45) is 0 Å². The second-order valence-corrected chi connectivity index (χ2v) is 7.81. The number of rotatable bonds is 8. The highest BCUT2D eigenvalue weighted by molar-refractivity contribution is 7.87. The first-order chi connectivity index (χ1) is 11.8. The average molecular weight is 360 g/mol. The molecule has 0 N–H and O–H groups in total. The SMILES string of the molecule is CCC(C)c1ccc(S(=O)(=O)Oc2ccc(CCC(C)=O)cc2)cc1. The predicted molar refractivity (Wildman–Crippen MR) is 98.4 cm³/mol. The first kappa shape index (κ1) is 19.2. The Kier molecular flexibility index (Phi) is 6.37. The molecule has 0 aliphatic rings. The van der Waals surface area contributed by atoms with E-state index in [1.807, 2.05) is 12.1 Å². The molecule has 0 bridgehead atoms. The van der Waals surface area contributed by atoms with Crippen molar-refractivity contribution in [3.8, 4) is 5.75 Å². The van der Waals surface area contributed by atoms with Gasteiger partial charge in [0.05, 0.1) is 0 Å². The van der Waals surface area contributed by atoms with Crippen molar-refractivity contribution >= 4 is 15.9 Å². The van der Waals surface area contributed by atoms with Gasteiger partial charge in [-0.3, -0.25) is 0 Å². The lowest BCUT2D eigenvalue weighted by Gasteiger charge is -2.11. The summed E-state index contributed by atoms with van der Waals surface area (Å²) >= 11 is 0. The third-order valence-corrected chi connectivity index (χ3v) is 5.51. The maximum Gasteiger partial charge on any atom is 0.339 e. The second kappa shape index (κ2) is 8.30. The molecular weight excluding hydrogens is 336 g/mol. The first-order valence-electron chi connectivity index (χ1n) is 8.44. The highest BCUT2D eigenvalue weighted by Gasteiger charge is 2.17. The van der Waals surface area contributed by atoms with Gasteiger partial charge < -0.3 is 8.98 Å². The molecule has 0 fully saturated rings. The standard InChI is InChI=1S/C20H24O4S/c1-4-15(2)18-9-13-20(14-10-18)25(22,23)24-19-11-7-17(8-12-19)6-5-16(3)21/h7-15H,4-6H2,1-3H3. The summed E-state index contributed by atoms with van der Waals surface area (Å²) < 4.78 is 30.0. The van der Waals surface area contributed by atoms with E-state index < -0.39 is 10.1 Å². The van der Waals surface area contributed by atoms with Gasteiger partial charge in [0.2, 0.25) is 0 Å². The van der Waals surface area contributed by atoms with E-state index >= 15 is 0 Å². The molecule has 0 aliphatic carbocycles. The Labute approximate surface area is 150 Å². The molecule has 0 aromatic heterocycles. The van der Waals surface area contributed by atoms with Gasteiger partial charge in [-0.15, -0.1) is 0 Å². The smallest absolute Gasteiger partial charge is 0.339 e. The zero-order valence-electron chi connectivity index (χ0n) is 14.9. The van der Waals surface area contributed by atoms with E-state index in [0.29, 0.717) is 18.8 Å². The number of aryl methyl sites for hydroxylation is 1. The van der Waals surface area contributed by atoms with E-state index in [9.17, 15) is 13.2 Å². The number of ketones is 1. The third kappa shape index (κ3) is 5.43. The van der Waals surface area contributed by atoms with Crippen molar-refractivity contribution in [2.45, 2.75) is 50.8 Å². The number of carbonyl (C=O) groups is 1. The van der Waals surface area contributed by atoms with E-state index in [-0.39, 0.29) is 16.4 Å². The summed E-state index contributed by atoms with van der Waals surface area (Å²) in [6, 6.07) is 13.6. The van der Waals surface area contributed by atoms with Crippen molar-refractivity contribution in [1.29, 1.82) is 0 Å². The van der Waals surface area contributed by atoms with Gasteiger partial charge in [-0.2, -0.15) is 8.42 Å². The van der Waals surface area contributed by atoms with Crippen molar-refractivity contribution in [3.05, 3.63) is 59.7 Å². The molecule has 0 heterocycles. The molecule has 0 saturated heterocycles. The minimum Gasteiger partial charge on any atom is -0.379 e. The highest BCUT2D eigenvalue weighted by Crippen LogP contribution is 2.23. The maximum atomic E-state index is 12.4. The van der Waals surface area contributed by atoms with Crippen molar-refractivity contribution in [3.63, 3.8) is 0 Å². The van der Waals surface area contributed by atoms with Gasteiger partial charge in [0.15, 0.2) is 0 Å². The van der Waals surface area contributed by atoms with Crippen LogP contribution >= 0.6 is 0 Å². The van der Waals surface area contributed by atoms with Gasteiger partial charge in [0.1, 0.15) is 16.4 Å². The fraction of sp³-hybridized carbons (Fsp3) is 0.350. The van der Waals surface area contributed by atoms with Gasteiger partial charge in [-0.05, 0) is 61.1 Å². The van der Waals surface area contributed by atoms with Crippen LogP contribution in [0.25, 0.3) is 0 Å². The Morgan fingerprint density at radius 3 is 2.16 bits per heavy atom. The summed E-state index contributed by atoms with van der Waals surface area (Å²) in [5.41, 5.74) is 2.08. The van der Waals surface area contributed by atoms with E-state index in [1.54, 1.807) is 43.3 Å². The molecular formula is C20H24O4S. The highest BCUT2D eigenvalue weighted by atomic mass is 32.2. The summed E-state index contributed by atoms with van der Waals surface area (Å²) in [7, 11) is -3.86. The molecule has 0 saturated carbocycles. The lowest BCUT2D eigenvalue weighted by Crippen LogP contribution is -2.10. The Hall–Kier alpha value is -2.14. The lowest BCUT2D eigenvalue weighted by molar-refractivity contribution is -0.116. The minimum absolute atomic E-state index is 0.128. The number of benzene rings is 2. The fourth-order valence-electron chi connectivity index (χ4n) is 2.41. The third-order valence-electron chi connectivity index (χ3n) is 4.25. The van der Waals surface area contributed by atoms with Gasteiger partial charge in [-0.1, -0.05) is 38.1 Å². The van der Waals surface area contributed by atoms with Crippen LogP contribution in [0.4, 0.5) is 0 Å².